The van der Waals surface area contributed by atoms with Crippen molar-refractivity contribution in [2.45, 2.75) is 6.61 Å². The fourth-order valence-corrected chi connectivity index (χ4v) is 1.67. The molecular formula is C14H11NO2. The van der Waals surface area contributed by atoms with Crippen molar-refractivity contribution in [1.82, 2.24) is 4.98 Å². The SMILES string of the molecule is c1ccc(COc2ccc3ocnc3c2)cc1. The number of hydrogen-bond acceptors (Lipinski definition) is 3. The third kappa shape index (κ3) is 2.13. The van der Waals surface area contributed by atoms with E-state index in [2.05, 4.69) is 4.98 Å². The van der Waals surface area contributed by atoms with Crippen molar-refractivity contribution < 1.29 is 9.15 Å². The zero-order valence-electron chi connectivity index (χ0n) is 9.17. The van der Waals surface area contributed by atoms with Gasteiger partial charge in [-0.2, -0.15) is 0 Å². The van der Waals surface area contributed by atoms with Gasteiger partial charge in [0.05, 0.1) is 0 Å². The second kappa shape index (κ2) is 4.29. The Morgan fingerprint density at radius 3 is 2.82 bits per heavy atom. The molecule has 84 valence electrons. The number of hydrogen-bond donors (Lipinski definition) is 0. The van der Waals surface area contributed by atoms with Gasteiger partial charge in [0.2, 0.25) is 0 Å². The molecule has 2 aromatic carbocycles. The van der Waals surface area contributed by atoms with Gasteiger partial charge in [0.15, 0.2) is 12.0 Å². The van der Waals surface area contributed by atoms with Crippen LogP contribution in [0.2, 0.25) is 0 Å². The predicted molar refractivity (Wildman–Crippen MR) is 64.8 cm³/mol. The topological polar surface area (TPSA) is 35.3 Å². The first-order valence-electron chi connectivity index (χ1n) is 5.42. The van der Waals surface area contributed by atoms with E-state index in [-0.39, 0.29) is 0 Å². The van der Waals surface area contributed by atoms with Gasteiger partial charge in [0, 0.05) is 6.07 Å². The maximum absolute atomic E-state index is 5.69. The van der Waals surface area contributed by atoms with Gasteiger partial charge in [0.25, 0.3) is 0 Å². The lowest BCUT2D eigenvalue weighted by Gasteiger charge is -2.05. The van der Waals surface area contributed by atoms with Crippen LogP contribution in [0.25, 0.3) is 11.1 Å². The number of nitrogens with zero attached hydrogens (tertiary/aromatic N) is 1. The molecule has 3 heteroatoms. The van der Waals surface area contributed by atoms with E-state index in [0.29, 0.717) is 6.61 Å². The molecule has 0 fully saturated rings. The van der Waals surface area contributed by atoms with E-state index in [1.165, 1.54) is 6.39 Å². The Morgan fingerprint density at radius 1 is 1.06 bits per heavy atom. The fourth-order valence-electron chi connectivity index (χ4n) is 1.67. The van der Waals surface area contributed by atoms with Gasteiger partial charge in [-0.05, 0) is 17.7 Å². The van der Waals surface area contributed by atoms with E-state index in [1.54, 1.807) is 0 Å². The van der Waals surface area contributed by atoms with Gasteiger partial charge in [-0.3, -0.25) is 0 Å². The molecule has 1 heterocycles. The summed E-state index contributed by atoms with van der Waals surface area (Å²) in [5.41, 5.74) is 2.74. The zero-order valence-corrected chi connectivity index (χ0v) is 9.17. The van der Waals surface area contributed by atoms with Gasteiger partial charge in [-0.15, -0.1) is 0 Å². The largest absolute Gasteiger partial charge is 0.489 e. The highest BCUT2D eigenvalue weighted by molar-refractivity contribution is 5.73. The van der Waals surface area contributed by atoms with Gasteiger partial charge < -0.3 is 9.15 Å². The van der Waals surface area contributed by atoms with Gasteiger partial charge in [-0.1, -0.05) is 30.3 Å². The normalized spacial score (nSPS) is 10.6. The van der Waals surface area contributed by atoms with Crippen molar-refractivity contribution in [3.63, 3.8) is 0 Å². The number of benzene rings is 2. The first-order chi connectivity index (χ1) is 8.42. The van der Waals surface area contributed by atoms with Gasteiger partial charge >= 0.3 is 0 Å². The second-order valence-electron chi connectivity index (χ2n) is 3.76. The minimum absolute atomic E-state index is 0.560. The average molecular weight is 225 g/mol. The highest BCUT2D eigenvalue weighted by Gasteiger charge is 2.01. The number of aromatic nitrogens is 1. The molecule has 0 unspecified atom stereocenters. The third-order valence-corrected chi connectivity index (χ3v) is 2.55. The van der Waals surface area contributed by atoms with Gasteiger partial charge in [-0.25, -0.2) is 4.98 Å². The quantitative estimate of drug-likeness (QED) is 0.685. The van der Waals surface area contributed by atoms with Crippen molar-refractivity contribution in [3.05, 3.63) is 60.5 Å². The molecule has 0 amide bonds. The van der Waals surface area contributed by atoms with Crippen molar-refractivity contribution >= 4 is 11.1 Å². The molecule has 17 heavy (non-hydrogen) atoms. The molecule has 3 rings (SSSR count). The molecule has 0 aliphatic heterocycles. The smallest absolute Gasteiger partial charge is 0.181 e. The standard InChI is InChI=1S/C14H11NO2/c1-2-4-11(5-3-1)9-16-12-6-7-14-13(8-12)15-10-17-14/h1-8,10H,9H2. The van der Waals surface area contributed by atoms with Crippen LogP contribution in [0, 0.1) is 0 Å². The number of rotatable bonds is 3. The Balaban J connectivity index is 1.76. The van der Waals surface area contributed by atoms with E-state index in [4.69, 9.17) is 9.15 Å². The molecule has 0 radical (unpaired) electrons. The summed E-state index contributed by atoms with van der Waals surface area (Å²) in [6.45, 7) is 0.560. The summed E-state index contributed by atoms with van der Waals surface area (Å²) in [6, 6.07) is 15.7. The minimum atomic E-state index is 0.560. The van der Waals surface area contributed by atoms with E-state index < -0.39 is 0 Å². The average Bonchev–Trinajstić information content (AvgIpc) is 2.85. The first-order valence-corrected chi connectivity index (χ1v) is 5.42. The Kier molecular flexibility index (Phi) is 2.50. The van der Waals surface area contributed by atoms with Crippen LogP contribution >= 0.6 is 0 Å². The van der Waals surface area contributed by atoms with Crippen molar-refractivity contribution in [1.29, 1.82) is 0 Å². The molecule has 0 N–H and O–H groups in total. The lowest BCUT2D eigenvalue weighted by Crippen LogP contribution is -1.94. The Hall–Kier alpha value is -2.29. The summed E-state index contributed by atoms with van der Waals surface area (Å²) in [5, 5.41) is 0. The molecule has 0 aliphatic rings. The van der Waals surface area contributed by atoms with Crippen molar-refractivity contribution in [2.24, 2.45) is 0 Å². The molecule has 0 bridgehead atoms. The number of ether oxygens (including phenoxy) is 1. The van der Waals surface area contributed by atoms with Crippen LogP contribution in [0.15, 0.2) is 59.3 Å². The van der Waals surface area contributed by atoms with E-state index in [0.717, 1.165) is 22.4 Å². The molecule has 3 aromatic rings. The lowest BCUT2D eigenvalue weighted by atomic mass is 10.2. The summed E-state index contributed by atoms with van der Waals surface area (Å²) < 4.78 is 10.9. The maximum Gasteiger partial charge on any atom is 0.181 e. The van der Waals surface area contributed by atoms with Crippen LogP contribution in [0.5, 0.6) is 5.75 Å². The fraction of sp³-hybridized carbons (Fsp3) is 0.0714. The summed E-state index contributed by atoms with van der Waals surface area (Å²) in [4.78, 5) is 4.09. The summed E-state index contributed by atoms with van der Waals surface area (Å²) in [5.74, 6) is 0.801. The second-order valence-corrected chi connectivity index (χ2v) is 3.76. The number of fused-ring (bicyclic) bond motifs is 1. The predicted octanol–water partition coefficient (Wildman–Crippen LogP) is 3.41. The molecule has 0 saturated carbocycles. The minimum Gasteiger partial charge on any atom is -0.489 e. The highest BCUT2D eigenvalue weighted by atomic mass is 16.5. The van der Waals surface area contributed by atoms with Crippen molar-refractivity contribution in [2.75, 3.05) is 0 Å². The van der Waals surface area contributed by atoms with Crippen LogP contribution in [0.1, 0.15) is 5.56 Å². The molecule has 0 aliphatic carbocycles. The highest BCUT2D eigenvalue weighted by Crippen LogP contribution is 2.20. The maximum atomic E-state index is 5.69. The monoisotopic (exact) mass is 225 g/mol. The van der Waals surface area contributed by atoms with Gasteiger partial charge in [0.1, 0.15) is 17.9 Å². The Labute approximate surface area is 98.7 Å². The first kappa shape index (κ1) is 9.90. The molecular weight excluding hydrogens is 214 g/mol. The molecule has 0 spiro atoms. The van der Waals surface area contributed by atoms with Crippen molar-refractivity contribution in [3.8, 4) is 5.75 Å². The molecule has 1 aromatic heterocycles. The zero-order chi connectivity index (χ0) is 11.5. The van der Waals surface area contributed by atoms with E-state index in [1.807, 2.05) is 48.5 Å². The Morgan fingerprint density at radius 2 is 1.94 bits per heavy atom. The van der Waals surface area contributed by atoms with Crippen LogP contribution in [0.3, 0.4) is 0 Å². The summed E-state index contributed by atoms with van der Waals surface area (Å²) in [6.07, 6.45) is 1.44. The summed E-state index contributed by atoms with van der Waals surface area (Å²) in [7, 11) is 0. The lowest BCUT2D eigenvalue weighted by molar-refractivity contribution is 0.306. The third-order valence-electron chi connectivity index (χ3n) is 2.55. The summed E-state index contributed by atoms with van der Waals surface area (Å²) >= 11 is 0. The Bertz CT molecular complexity index is 616. The van der Waals surface area contributed by atoms with Crippen LogP contribution in [-0.4, -0.2) is 4.98 Å². The number of oxazole rings is 1. The van der Waals surface area contributed by atoms with E-state index in [9.17, 15) is 0 Å². The molecule has 0 saturated heterocycles. The molecule has 3 nitrogen and oxygen atoms in total. The van der Waals surface area contributed by atoms with E-state index >= 15 is 0 Å². The molecule has 0 atom stereocenters. The van der Waals surface area contributed by atoms with Crippen LogP contribution in [0.4, 0.5) is 0 Å². The van der Waals surface area contributed by atoms with Crippen LogP contribution < -0.4 is 4.74 Å². The van der Waals surface area contributed by atoms with Crippen LogP contribution in [-0.2, 0) is 6.61 Å².